The number of hydrogen-bond acceptors (Lipinski definition) is 5. The lowest BCUT2D eigenvalue weighted by Crippen LogP contribution is -2.13. The highest BCUT2D eigenvalue weighted by molar-refractivity contribution is 7.15. The van der Waals surface area contributed by atoms with Gasteiger partial charge in [-0.3, -0.25) is 4.40 Å². The van der Waals surface area contributed by atoms with Crippen LogP contribution in [0.15, 0.2) is 28.4 Å². The second-order valence-electron chi connectivity index (χ2n) is 4.00. The van der Waals surface area contributed by atoms with Gasteiger partial charge in [-0.2, -0.15) is 0 Å². The molecule has 3 rings (SSSR count). The zero-order valence-corrected chi connectivity index (χ0v) is 10.9. The molecule has 0 aliphatic rings. The van der Waals surface area contributed by atoms with E-state index < -0.39 is 0 Å². The van der Waals surface area contributed by atoms with Gasteiger partial charge in [0.05, 0.1) is 18.4 Å². The topological polar surface area (TPSA) is 55.4 Å². The molecule has 0 aromatic carbocycles. The van der Waals surface area contributed by atoms with Crippen LogP contribution in [0.4, 0.5) is 0 Å². The standard InChI is InChI=1S/C12H14N4OS/c1-2-10-6-14-11(17-10)7-13-5-9-8-16-3-4-18-12(16)15-9/h3-4,6,8,13H,2,5,7H2,1H3. The minimum atomic E-state index is 0.630. The van der Waals surface area contributed by atoms with Crippen LogP contribution in [0, 0.1) is 0 Å². The van der Waals surface area contributed by atoms with Gasteiger partial charge in [-0.25, -0.2) is 9.97 Å². The number of nitrogens with one attached hydrogen (secondary N) is 1. The van der Waals surface area contributed by atoms with Crippen LogP contribution in [-0.2, 0) is 19.5 Å². The highest BCUT2D eigenvalue weighted by Crippen LogP contribution is 2.11. The van der Waals surface area contributed by atoms with Gasteiger partial charge in [-0.05, 0) is 0 Å². The van der Waals surface area contributed by atoms with Gasteiger partial charge in [0.15, 0.2) is 4.96 Å². The van der Waals surface area contributed by atoms with Crippen LogP contribution in [0.2, 0.25) is 0 Å². The Hall–Kier alpha value is -1.66. The molecular formula is C12H14N4OS. The highest BCUT2D eigenvalue weighted by atomic mass is 32.1. The zero-order chi connectivity index (χ0) is 12.4. The monoisotopic (exact) mass is 262 g/mol. The summed E-state index contributed by atoms with van der Waals surface area (Å²) in [6.07, 6.45) is 6.71. The first-order valence-corrected chi connectivity index (χ1v) is 6.78. The number of aromatic nitrogens is 3. The SMILES string of the molecule is CCc1cnc(CNCc2cn3ccsc3n2)o1. The minimum Gasteiger partial charge on any atom is -0.444 e. The van der Waals surface area contributed by atoms with E-state index >= 15 is 0 Å². The summed E-state index contributed by atoms with van der Waals surface area (Å²) in [5.74, 6) is 1.65. The average Bonchev–Trinajstić information content (AvgIpc) is 3.03. The smallest absolute Gasteiger partial charge is 0.208 e. The fraction of sp³-hybridized carbons (Fsp3) is 0.333. The van der Waals surface area contributed by atoms with Crippen LogP contribution in [0.5, 0.6) is 0 Å². The summed E-state index contributed by atoms with van der Waals surface area (Å²) in [6.45, 7) is 3.40. The van der Waals surface area contributed by atoms with E-state index in [1.807, 2.05) is 22.2 Å². The Morgan fingerprint density at radius 2 is 2.39 bits per heavy atom. The first-order valence-electron chi connectivity index (χ1n) is 5.90. The van der Waals surface area contributed by atoms with Crippen LogP contribution in [-0.4, -0.2) is 14.4 Å². The predicted molar refractivity (Wildman–Crippen MR) is 69.5 cm³/mol. The third kappa shape index (κ3) is 2.30. The third-order valence-electron chi connectivity index (χ3n) is 2.68. The molecule has 0 aliphatic heterocycles. The Kier molecular flexibility index (Phi) is 3.12. The van der Waals surface area contributed by atoms with Crippen LogP contribution >= 0.6 is 11.3 Å². The summed E-state index contributed by atoms with van der Waals surface area (Å²) in [6, 6.07) is 0. The molecule has 0 aliphatic carbocycles. The van der Waals surface area contributed by atoms with Gasteiger partial charge < -0.3 is 9.73 Å². The van der Waals surface area contributed by atoms with Crippen molar-refractivity contribution in [2.24, 2.45) is 0 Å². The summed E-state index contributed by atoms with van der Waals surface area (Å²) in [7, 11) is 0. The minimum absolute atomic E-state index is 0.630. The van der Waals surface area contributed by atoms with Crippen molar-refractivity contribution in [2.75, 3.05) is 0 Å². The Morgan fingerprint density at radius 1 is 1.44 bits per heavy atom. The van der Waals surface area contributed by atoms with Crippen LogP contribution in [0.3, 0.4) is 0 Å². The molecule has 0 saturated heterocycles. The maximum Gasteiger partial charge on any atom is 0.208 e. The van der Waals surface area contributed by atoms with Crippen molar-refractivity contribution < 1.29 is 4.42 Å². The average molecular weight is 262 g/mol. The predicted octanol–water partition coefficient (Wildman–Crippen LogP) is 2.24. The van der Waals surface area contributed by atoms with Gasteiger partial charge >= 0.3 is 0 Å². The van der Waals surface area contributed by atoms with E-state index in [1.54, 1.807) is 17.5 Å². The molecular weight excluding hydrogens is 248 g/mol. The molecule has 1 N–H and O–H groups in total. The molecule has 0 bridgehead atoms. The largest absolute Gasteiger partial charge is 0.444 e. The van der Waals surface area contributed by atoms with E-state index in [-0.39, 0.29) is 0 Å². The number of oxazole rings is 1. The van der Waals surface area contributed by atoms with Crippen LogP contribution < -0.4 is 5.32 Å². The fourth-order valence-corrected chi connectivity index (χ4v) is 2.47. The van der Waals surface area contributed by atoms with E-state index in [2.05, 4.69) is 22.2 Å². The second kappa shape index (κ2) is 4.91. The normalized spacial score (nSPS) is 11.4. The van der Waals surface area contributed by atoms with Gasteiger partial charge in [0.1, 0.15) is 5.76 Å². The number of thiazole rings is 1. The van der Waals surface area contributed by atoms with E-state index in [0.29, 0.717) is 6.54 Å². The molecule has 3 aromatic rings. The number of nitrogens with zero attached hydrogens (tertiary/aromatic N) is 3. The Bertz CT molecular complexity index is 611. The molecule has 0 saturated carbocycles. The van der Waals surface area contributed by atoms with Crippen molar-refractivity contribution in [1.29, 1.82) is 0 Å². The van der Waals surface area contributed by atoms with Crippen molar-refractivity contribution in [3.63, 3.8) is 0 Å². The van der Waals surface area contributed by atoms with Crippen molar-refractivity contribution in [2.45, 2.75) is 26.4 Å². The van der Waals surface area contributed by atoms with Gasteiger partial charge in [-0.1, -0.05) is 6.92 Å². The number of aryl methyl sites for hydroxylation is 1. The van der Waals surface area contributed by atoms with Crippen LogP contribution in [0.1, 0.15) is 24.3 Å². The van der Waals surface area contributed by atoms with Gasteiger partial charge in [0.2, 0.25) is 5.89 Å². The molecule has 0 atom stereocenters. The Labute approximate surface area is 108 Å². The number of imidazole rings is 1. The first-order chi connectivity index (χ1) is 8.85. The molecule has 3 aromatic heterocycles. The third-order valence-corrected chi connectivity index (χ3v) is 3.45. The number of fused-ring (bicyclic) bond motifs is 1. The molecule has 18 heavy (non-hydrogen) atoms. The highest BCUT2D eigenvalue weighted by Gasteiger charge is 2.04. The van der Waals surface area contributed by atoms with Crippen molar-refractivity contribution >= 4 is 16.3 Å². The summed E-state index contributed by atoms with van der Waals surface area (Å²) in [5, 5.41) is 5.31. The first kappa shape index (κ1) is 11.4. The van der Waals surface area contributed by atoms with Crippen molar-refractivity contribution in [1.82, 2.24) is 19.7 Å². The van der Waals surface area contributed by atoms with Crippen molar-refractivity contribution in [3.8, 4) is 0 Å². The lowest BCUT2D eigenvalue weighted by molar-refractivity contribution is 0.438. The van der Waals surface area contributed by atoms with Gasteiger partial charge in [0, 0.05) is 30.7 Å². The molecule has 0 fully saturated rings. The quantitative estimate of drug-likeness (QED) is 0.766. The van der Waals surface area contributed by atoms with Gasteiger partial charge in [0.25, 0.3) is 0 Å². The molecule has 0 spiro atoms. The maximum atomic E-state index is 5.52. The number of rotatable bonds is 5. The number of hydrogen-bond donors (Lipinski definition) is 1. The second-order valence-corrected chi connectivity index (χ2v) is 4.88. The molecule has 94 valence electrons. The van der Waals surface area contributed by atoms with Gasteiger partial charge in [-0.15, -0.1) is 11.3 Å². The molecule has 0 unspecified atom stereocenters. The summed E-state index contributed by atoms with van der Waals surface area (Å²) >= 11 is 1.64. The summed E-state index contributed by atoms with van der Waals surface area (Å²) in [4.78, 5) is 9.72. The fourth-order valence-electron chi connectivity index (χ4n) is 1.75. The lowest BCUT2D eigenvalue weighted by Gasteiger charge is -1.98. The maximum absolute atomic E-state index is 5.52. The van der Waals surface area contributed by atoms with E-state index in [4.69, 9.17) is 4.42 Å². The Balaban J connectivity index is 1.56. The van der Waals surface area contributed by atoms with Crippen LogP contribution in [0.25, 0.3) is 4.96 Å². The molecule has 3 heterocycles. The molecule has 0 amide bonds. The summed E-state index contributed by atoms with van der Waals surface area (Å²) in [5.41, 5.74) is 1.03. The van der Waals surface area contributed by atoms with E-state index in [1.165, 1.54) is 0 Å². The zero-order valence-electron chi connectivity index (χ0n) is 10.1. The molecule has 0 radical (unpaired) electrons. The lowest BCUT2D eigenvalue weighted by atomic mass is 10.4. The van der Waals surface area contributed by atoms with Crippen molar-refractivity contribution in [3.05, 3.63) is 41.3 Å². The van der Waals surface area contributed by atoms with E-state index in [0.717, 1.165) is 35.3 Å². The molecule has 5 nitrogen and oxygen atoms in total. The molecule has 6 heteroatoms. The summed E-state index contributed by atoms with van der Waals surface area (Å²) < 4.78 is 7.55. The van der Waals surface area contributed by atoms with E-state index in [9.17, 15) is 0 Å². The Morgan fingerprint density at radius 3 is 3.17 bits per heavy atom.